The van der Waals surface area contributed by atoms with E-state index < -0.39 is 0 Å². The van der Waals surface area contributed by atoms with E-state index in [1.165, 1.54) is 0 Å². The molecule has 1 aromatic rings. The highest BCUT2D eigenvalue weighted by molar-refractivity contribution is 5.96. The summed E-state index contributed by atoms with van der Waals surface area (Å²) in [6.45, 7) is 2.32. The second-order valence-corrected chi connectivity index (χ2v) is 6.17. The molecule has 0 aliphatic carbocycles. The maximum absolute atomic E-state index is 12.5. The van der Waals surface area contributed by atoms with Gasteiger partial charge in [0.2, 0.25) is 5.91 Å². The van der Waals surface area contributed by atoms with Crippen LogP contribution in [0.1, 0.15) is 12.8 Å². The minimum absolute atomic E-state index is 0.0492. The molecule has 3 rings (SSSR count). The number of ether oxygens (including phenoxy) is 1. The second-order valence-electron chi connectivity index (χ2n) is 6.17. The average molecular weight is 333 g/mol. The lowest BCUT2D eigenvalue weighted by Gasteiger charge is -2.30. The molecule has 0 saturated carbocycles. The fourth-order valence-electron chi connectivity index (χ4n) is 3.11. The Balaban J connectivity index is 1.58. The molecule has 7 nitrogen and oxygen atoms in total. The molecule has 130 valence electrons. The molecule has 3 amide bonds. The molecule has 0 radical (unpaired) electrons. The van der Waals surface area contributed by atoms with Crippen LogP contribution in [0.2, 0.25) is 0 Å². The Morgan fingerprint density at radius 1 is 1.17 bits per heavy atom. The molecule has 2 saturated heterocycles. The predicted octanol–water partition coefficient (Wildman–Crippen LogP) is 0.920. The molecule has 2 fully saturated rings. The van der Waals surface area contributed by atoms with Crippen LogP contribution in [0.15, 0.2) is 24.3 Å². The van der Waals surface area contributed by atoms with Gasteiger partial charge in [0.05, 0.1) is 13.2 Å². The summed E-state index contributed by atoms with van der Waals surface area (Å²) in [7, 11) is 1.60. The molecule has 0 spiro atoms. The van der Waals surface area contributed by atoms with Gasteiger partial charge in [0.15, 0.2) is 0 Å². The Morgan fingerprint density at radius 2 is 1.83 bits per heavy atom. The normalized spacial score (nSPS) is 19.1. The summed E-state index contributed by atoms with van der Waals surface area (Å²) in [5, 5.41) is 9.52. The number of methoxy groups -OCH3 is 1. The fraction of sp³-hybridized carbons (Fsp3) is 0.529. The maximum Gasteiger partial charge on any atom is 0.325 e. The van der Waals surface area contributed by atoms with Crippen molar-refractivity contribution in [3.63, 3.8) is 0 Å². The topological polar surface area (TPSA) is 73.3 Å². The molecule has 2 heterocycles. The molecule has 0 bridgehead atoms. The molecule has 0 unspecified atom stereocenters. The van der Waals surface area contributed by atoms with Crippen molar-refractivity contribution in [1.29, 1.82) is 0 Å². The SMILES string of the molecule is COc1ccc(N2CCN(CC(=O)N3CCC(O)CC3)C2=O)cc1. The van der Waals surface area contributed by atoms with E-state index in [0.29, 0.717) is 39.0 Å². The molecular weight excluding hydrogens is 310 g/mol. The van der Waals surface area contributed by atoms with E-state index >= 15 is 0 Å². The van der Waals surface area contributed by atoms with Crippen LogP contribution < -0.4 is 9.64 Å². The van der Waals surface area contributed by atoms with Gasteiger partial charge in [-0.3, -0.25) is 9.69 Å². The molecule has 24 heavy (non-hydrogen) atoms. The van der Waals surface area contributed by atoms with E-state index in [-0.39, 0.29) is 24.6 Å². The zero-order valence-electron chi connectivity index (χ0n) is 13.9. The lowest BCUT2D eigenvalue weighted by atomic mass is 10.1. The molecule has 0 atom stereocenters. The van der Waals surface area contributed by atoms with Crippen molar-refractivity contribution in [2.24, 2.45) is 0 Å². The van der Waals surface area contributed by atoms with Crippen LogP contribution in [0, 0.1) is 0 Å². The van der Waals surface area contributed by atoms with Gasteiger partial charge in [0.1, 0.15) is 12.3 Å². The number of piperidine rings is 1. The molecule has 1 N–H and O–H groups in total. The third-order valence-electron chi connectivity index (χ3n) is 4.62. The van der Waals surface area contributed by atoms with E-state index in [2.05, 4.69) is 0 Å². The van der Waals surface area contributed by atoms with Gasteiger partial charge in [-0.15, -0.1) is 0 Å². The second kappa shape index (κ2) is 7.09. The van der Waals surface area contributed by atoms with E-state index in [4.69, 9.17) is 4.74 Å². The average Bonchev–Trinajstić information content (AvgIpc) is 2.96. The van der Waals surface area contributed by atoms with Gasteiger partial charge in [0.25, 0.3) is 0 Å². The van der Waals surface area contributed by atoms with Crippen LogP contribution in [-0.2, 0) is 4.79 Å². The number of carbonyl (C=O) groups is 2. The summed E-state index contributed by atoms with van der Waals surface area (Å²) in [6.07, 6.45) is 0.906. The maximum atomic E-state index is 12.5. The number of carbonyl (C=O) groups excluding carboxylic acids is 2. The third kappa shape index (κ3) is 3.46. The van der Waals surface area contributed by atoms with Gasteiger partial charge in [-0.05, 0) is 37.1 Å². The van der Waals surface area contributed by atoms with Crippen molar-refractivity contribution in [2.75, 3.05) is 44.7 Å². The van der Waals surface area contributed by atoms with Crippen molar-refractivity contribution >= 4 is 17.6 Å². The molecule has 0 aromatic heterocycles. The standard InChI is InChI=1S/C17H23N3O4/c1-24-15-4-2-13(3-5-15)20-11-10-19(17(20)23)12-16(22)18-8-6-14(21)7-9-18/h2-5,14,21H,6-12H2,1H3. The van der Waals surface area contributed by atoms with Crippen molar-refractivity contribution in [3.05, 3.63) is 24.3 Å². The van der Waals surface area contributed by atoms with E-state index in [1.54, 1.807) is 21.8 Å². The molecule has 2 aliphatic heterocycles. The Hall–Kier alpha value is -2.28. The lowest BCUT2D eigenvalue weighted by molar-refractivity contribution is -0.133. The Bertz CT molecular complexity index is 596. The number of hydrogen-bond donors (Lipinski definition) is 1. The van der Waals surface area contributed by atoms with E-state index in [9.17, 15) is 14.7 Å². The minimum atomic E-state index is -0.312. The largest absolute Gasteiger partial charge is 0.497 e. The lowest BCUT2D eigenvalue weighted by Crippen LogP contribution is -2.46. The van der Waals surface area contributed by atoms with Gasteiger partial charge in [0, 0.05) is 31.9 Å². The number of urea groups is 1. The summed E-state index contributed by atoms with van der Waals surface area (Å²) in [5.41, 5.74) is 0.803. The van der Waals surface area contributed by atoms with Crippen LogP contribution in [0.5, 0.6) is 5.75 Å². The summed E-state index contributed by atoms with van der Waals surface area (Å²) >= 11 is 0. The van der Waals surface area contributed by atoms with Crippen LogP contribution in [0.3, 0.4) is 0 Å². The van der Waals surface area contributed by atoms with Crippen LogP contribution in [-0.4, -0.2) is 72.8 Å². The van der Waals surface area contributed by atoms with Crippen molar-refractivity contribution in [2.45, 2.75) is 18.9 Å². The monoisotopic (exact) mass is 333 g/mol. The number of nitrogens with zero attached hydrogens (tertiary/aromatic N) is 3. The van der Waals surface area contributed by atoms with Gasteiger partial charge < -0.3 is 19.6 Å². The summed E-state index contributed by atoms with van der Waals surface area (Å²) in [4.78, 5) is 29.9. The van der Waals surface area contributed by atoms with Crippen molar-refractivity contribution < 1.29 is 19.4 Å². The number of benzene rings is 1. The van der Waals surface area contributed by atoms with Gasteiger partial charge >= 0.3 is 6.03 Å². The summed E-state index contributed by atoms with van der Waals surface area (Å²) < 4.78 is 5.13. The molecule has 2 aliphatic rings. The smallest absolute Gasteiger partial charge is 0.325 e. The summed E-state index contributed by atoms with van der Waals surface area (Å²) in [6, 6.07) is 7.16. The fourth-order valence-corrected chi connectivity index (χ4v) is 3.11. The van der Waals surface area contributed by atoms with Gasteiger partial charge in [-0.2, -0.15) is 0 Å². The number of hydrogen-bond acceptors (Lipinski definition) is 4. The quantitative estimate of drug-likeness (QED) is 0.889. The summed E-state index contributed by atoms with van der Waals surface area (Å²) in [5.74, 6) is 0.691. The van der Waals surface area contributed by atoms with Crippen LogP contribution in [0.4, 0.5) is 10.5 Å². The van der Waals surface area contributed by atoms with E-state index in [1.807, 2.05) is 24.3 Å². The number of rotatable bonds is 4. The van der Waals surface area contributed by atoms with Gasteiger partial charge in [-0.25, -0.2) is 4.79 Å². The first kappa shape index (κ1) is 16.6. The Kier molecular flexibility index (Phi) is 4.89. The number of aliphatic hydroxyl groups is 1. The first-order valence-corrected chi connectivity index (χ1v) is 8.25. The first-order chi connectivity index (χ1) is 11.6. The van der Waals surface area contributed by atoms with Crippen LogP contribution in [0.25, 0.3) is 0 Å². The number of likely N-dealkylation sites (tertiary alicyclic amines) is 1. The van der Waals surface area contributed by atoms with Crippen molar-refractivity contribution in [1.82, 2.24) is 9.80 Å². The zero-order chi connectivity index (χ0) is 17.1. The highest BCUT2D eigenvalue weighted by atomic mass is 16.5. The van der Waals surface area contributed by atoms with E-state index in [0.717, 1.165) is 11.4 Å². The van der Waals surface area contributed by atoms with Crippen LogP contribution >= 0.6 is 0 Å². The third-order valence-corrected chi connectivity index (χ3v) is 4.62. The van der Waals surface area contributed by atoms with Gasteiger partial charge in [-0.1, -0.05) is 0 Å². The number of aliphatic hydroxyl groups excluding tert-OH is 1. The van der Waals surface area contributed by atoms with Crippen molar-refractivity contribution in [3.8, 4) is 5.75 Å². The molecule has 7 heteroatoms. The highest BCUT2D eigenvalue weighted by Gasteiger charge is 2.32. The first-order valence-electron chi connectivity index (χ1n) is 8.25. The zero-order valence-corrected chi connectivity index (χ0v) is 13.9. The molecular formula is C17H23N3O4. The highest BCUT2D eigenvalue weighted by Crippen LogP contribution is 2.23. The molecule has 1 aromatic carbocycles. The minimum Gasteiger partial charge on any atom is -0.497 e. The Labute approximate surface area is 141 Å². The predicted molar refractivity (Wildman–Crippen MR) is 89.1 cm³/mol. The number of anilines is 1. The Morgan fingerprint density at radius 3 is 2.46 bits per heavy atom. The number of amides is 3.